The summed E-state index contributed by atoms with van der Waals surface area (Å²) in [4.78, 5) is 19.1. The molecule has 2 rings (SSSR count). The summed E-state index contributed by atoms with van der Waals surface area (Å²) in [7, 11) is 0. The van der Waals surface area contributed by atoms with Crippen LogP contribution in [0, 0.1) is 0 Å². The number of hydrogen-bond donors (Lipinski definition) is 3. The number of anilines is 1. The summed E-state index contributed by atoms with van der Waals surface area (Å²) in [5, 5.41) is 14.2. The first kappa shape index (κ1) is 7.93. The lowest BCUT2D eigenvalue weighted by atomic mass is 10.3. The van der Waals surface area contributed by atoms with Gasteiger partial charge in [-0.1, -0.05) is 0 Å². The van der Waals surface area contributed by atoms with Gasteiger partial charge in [0.1, 0.15) is 0 Å². The number of hydrogen-bond acceptors (Lipinski definition) is 5. The van der Waals surface area contributed by atoms with Crippen molar-refractivity contribution in [1.82, 2.24) is 15.3 Å². The number of nitrogens with zero attached hydrogens (tertiary/aromatic N) is 2. The Bertz CT molecular complexity index is 352. The fourth-order valence-corrected chi connectivity index (χ4v) is 1.08. The minimum atomic E-state index is -0.267. The molecule has 0 spiro atoms. The molecule has 0 saturated heterocycles. The normalized spacial score (nSPS) is 14.4. The van der Waals surface area contributed by atoms with E-state index in [9.17, 15) is 4.79 Å². The minimum absolute atomic E-state index is 0.215. The van der Waals surface area contributed by atoms with Crippen molar-refractivity contribution in [2.75, 3.05) is 12.0 Å². The fourth-order valence-electron chi connectivity index (χ4n) is 1.08. The van der Waals surface area contributed by atoms with E-state index in [4.69, 9.17) is 5.11 Å². The first-order valence-corrected chi connectivity index (χ1v) is 3.80. The number of carbonyl (C=O) groups is 1. The van der Waals surface area contributed by atoms with E-state index >= 15 is 0 Å². The molecule has 0 aromatic carbocycles. The lowest BCUT2D eigenvalue weighted by Gasteiger charge is -2.16. The Balaban J connectivity index is 2.47. The standard InChI is InChI=1S/C7H8N4O2/c12-2-4-1-8-6-5(11-4)7(13)10-3-9-6/h1,12H,2-3H2,(H,8,9)(H,10,13). The molecule has 1 aliphatic rings. The van der Waals surface area contributed by atoms with Gasteiger partial charge in [0.05, 0.1) is 25.2 Å². The largest absolute Gasteiger partial charge is 0.390 e. The zero-order valence-electron chi connectivity index (χ0n) is 6.74. The van der Waals surface area contributed by atoms with Crippen LogP contribution in [0.4, 0.5) is 5.82 Å². The molecule has 0 atom stereocenters. The number of aliphatic hydroxyl groups excluding tert-OH is 1. The zero-order valence-corrected chi connectivity index (χ0v) is 6.74. The highest BCUT2D eigenvalue weighted by molar-refractivity contribution is 5.98. The van der Waals surface area contributed by atoms with Crippen LogP contribution in [-0.2, 0) is 6.61 Å². The van der Waals surface area contributed by atoms with Gasteiger partial charge in [0.15, 0.2) is 11.5 Å². The number of fused-ring (bicyclic) bond motifs is 1. The van der Waals surface area contributed by atoms with E-state index in [-0.39, 0.29) is 18.2 Å². The predicted octanol–water partition coefficient (Wildman–Crippen LogP) is -0.918. The van der Waals surface area contributed by atoms with Crippen LogP contribution in [0.3, 0.4) is 0 Å². The van der Waals surface area contributed by atoms with Crippen LogP contribution >= 0.6 is 0 Å². The summed E-state index contributed by atoms with van der Waals surface area (Å²) >= 11 is 0. The number of aromatic nitrogens is 2. The lowest BCUT2D eigenvalue weighted by Crippen LogP contribution is -2.36. The van der Waals surface area contributed by atoms with Gasteiger partial charge in [0.2, 0.25) is 0 Å². The van der Waals surface area contributed by atoms with Crippen molar-refractivity contribution in [3.63, 3.8) is 0 Å². The molecule has 1 aromatic heterocycles. The summed E-state index contributed by atoms with van der Waals surface area (Å²) in [6, 6.07) is 0. The third-order valence-electron chi connectivity index (χ3n) is 1.70. The van der Waals surface area contributed by atoms with Crippen molar-refractivity contribution >= 4 is 11.7 Å². The number of carbonyl (C=O) groups excluding carboxylic acids is 1. The highest BCUT2D eigenvalue weighted by atomic mass is 16.3. The van der Waals surface area contributed by atoms with Crippen LogP contribution in [0.2, 0.25) is 0 Å². The Morgan fingerprint density at radius 3 is 3.15 bits per heavy atom. The lowest BCUT2D eigenvalue weighted by molar-refractivity contribution is 0.0946. The molecule has 0 saturated carbocycles. The molecule has 0 aliphatic carbocycles. The molecule has 6 nitrogen and oxygen atoms in total. The molecule has 68 valence electrons. The molecular formula is C7H8N4O2. The van der Waals surface area contributed by atoms with Crippen molar-refractivity contribution < 1.29 is 9.90 Å². The maximum Gasteiger partial charge on any atom is 0.275 e. The van der Waals surface area contributed by atoms with Gasteiger partial charge in [-0.25, -0.2) is 9.97 Å². The molecular weight excluding hydrogens is 172 g/mol. The summed E-state index contributed by atoms with van der Waals surface area (Å²) < 4.78 is 0. The molecule has 0 bridgehead atoms. The van der Waals surface area contributed by atoms with Crippen molar-refractivity contribution in [2.24, 2.45) is 0 Å². The van der Waals surface area contributed by atoms with Crippen LogP contribution in [0.5, 0.6) is 0 Å². The summed E-state index contributed by atoms with van der Waals surface area (Å²) in [6.45, 7) is 0.145. The maximum absolute atomic E-state index is 11.2. The number of rotatable bonds is 1. The summed E-state index contributed by atoms with van der Waals surface area (Å²) in [5.41, 5.74) is 0.621. The highest BCUT2D eigenvalue weighted by Crippen LogP contribution is 2.12. The maximum atomic E-state index is 11.2. The topological polar surface area (TPSA) is 87.1 Å². The van der Waals surface area contributed by atoms with Crippen molar-refractivity contribution in [1.29, 1.82) is 0 Å². The third kappa shape index (κ3) is 1.31. The molecule has 0 unspecified atom stereocenters. The second-order valence-corrected chi connectivity index (χ2v) is 2.58. The smallest absolute Gasteiger partial charge is 0.275 e. The quantitative estimate of drug-likeness (QED) is 0.520. The van der Waals surface area contributed by atoms with Crippen LogP contribution in [0.1, 0.15) is 16.2 Å². The summed E-state index contributed by atoms with van der Waals surface area (Å²) in [6.07, 6.45) is 1.43. The molecule has 3 N–H and O–H groups in total. The van der Waals surface area contributed by atoms with Gasteiger partial charge in [-0.05, 0) is 0 Å². The van der Waals surface area contributed by atoms with Gasteiger partial charge < -0.3 is 15.7 Å². The zero-order chi connectivity index (χ0) is 9.26. The Morgan fingerprint density at radius 1 is 1.54 bits per heavy atom. The fraction of sp³-hybridized carbons (Fsp3) is 0.286. The van der Waals surface area contributed by atoms with Crippen molar-refractivity contribution in [3.8, 4) is 0 Å². The Labute approximate surface area is 74.0 Å². The van der Waals surface area contributed by atoms with E-state index in [0.717, 1.165) is 0 Å². The third-order valence-corrected chi connectivity index (χ3v) is 1.70. The molecule has 6 heteroatoms. The molecule has 0 fully saturated rings. The molecule has 1 aliphatic heterocycles. The number of nitrogens with one attached hydrogen (secondary N) is 2. The molecule has 2 heterocycles. The van der Waals surface area contributed by atoms with Crippen LogP contribution in [0.15, 0.2) is 6.20 Å². The van der Waals surface area contributed by atoms with Crippen molar-refractivity contribution in [2.45, 2.75) is 6.61 Å². The molecule has 0 radical (unpaired) electrons. The first-order valence-electron chi connectivity index (χ1n) is 3.80. The minimum Gasteiger partial charge on any atom is -0.390 e. The molecule has 1 aromatic rings. The van der Waals surface area contributed by atoms with E-state index in [1.807, 2.05) is 0 Å². The number of amides is 1. The summed E-state index contributed by atoms with van der Waals surface area (Å²) in [5.74, 6) is 0.192. The van der Waals surface area contributed by atoms with Gasteiger partial charge in [-0.15, -0.1) is 0 Å². The van der Waals surface area contributed by atoms with Gasteiger partial charge >= 0.3 is 0 Å². The second kappa shape index (κ2) is 2.98. The average molecular weight is 180 g/mol. The van der Waals surface area contributed by atoms with Gasteiger partial charge in [-0.3, -0.25) is 4.79 Å². The molecule has 1 amide bonds. The van der Waals surface area contributed by atoms with Crippen molar-refractivity contribution in [3.05, 3.63) is 17.6 Å². The SMILES string of the molecule is O=C1NCNc2ncc(CO)nc21. The predicted molar refractivity (Wildman–Crippen MR) is 43.9 cm³/mol. The number of aliphatic hydroxyl groups is 1. The Hall–Kier alpha value is -1.69. The van der Waals surface area contributed by atoms with E-state index in [2.05, 4.69) is 20.6 Å². The van der Waals surface area contributed by atoms with Gasteiger partial charge in [0, 0.05) is 0 Å². The molecule has 13 heavy (non-hydrogen) atoms. The van der Waals surface area contributed by atoms with E-state index in [1.54, 1.807) is 0 Å². The Morgan fingerprint density at radius 2 is 2.38 bits per heavy atom. The van der Waals surface area contributed by atoms with E-state index < -0.39 is 0 Å². The first-order chi connectivity index (χ1) is 6.31. The van der Waals surface area contributed by atoms with Gasteiger partial charge in [0.25, 0.3) is 5.91 Å². The van der Waals surface area contributed by atoms with Crippen LogP contribution in [-0.4, -0.2) is 27.7 Å². The van der Waals surface area contributed by atoms with E-state index in [0.29, 0.717) is 18.2 Å². The Kier molecular flexibility index (Phi) is 1.82. The van der Waals surface area contributed by atoms with Crippen LogP contribution < -0.4 is 10.6 Å². The monoisotopic (exact) mass is 180 g/mol. The highest BCUT2D eigenvalue weighted by Gasteiger charge is 2.18. The van der Waals surface area contributed by atoms with Gasteiger partial charge in [-0.2, -0.15) is 0 Å². The average Bonchev–Trinajstić information content (AvgIpc) is 2.18. The van der Waals surface area contributed by atoms with Crippen LogP contribution in [0.25, 0.3) is 0 Å². The second-order valence-electron chi connectivity index (χ2n) is 2.58. The van der Waals surface area contributed by atoms with E-state index in [1.165, 1.54) is 6.20 Å².